The van der Waals surface area contributed by atoms with Crippen LogP contribution in [0.1, 0.15) is 20.3 Å². The number of nitrogens with zero attached hydrogens (tertiary/aromatic N) is 2. The molecule has 0 radical (unpaired) electrons. The van der Waals surface area contributed by atoms with Crippen LogP contribution in [0.5, 0.6) is 0 Å². The minimum absolute atomic E-state index is 0.0545. The Hall–Kier alpha value is -1.36. The molecule has 1 aromatic rings. The first-order chi connectivity index (χ1) is 7.64. The van der Waals surface area contributed by atoms with Crippen molar-refractivity contribution < 1.29 is 4.74 Å². The van der Waals surface area contributed by atoms with Crippen molar-refractivity contribution in [1.29, 1.82) is 0 Å². The third-order valence-corrected chi connectivity index (χ3v) is 3.19. The minimum atomic E-state index is -0.0545. The molecule has 2 N–H and O–H groups in total. The molecule has 0 bridgehead atoms. The minimum Gasteiger partial charge on any atom is -0.376 e. The monoisotopic (exact) mass is 222 g/mol. The average Bonchev–Trinajstić information content (AvgIpc) is 2.59. The standard InChI is InChI=1S/C11H18N4O/c1-8-11(2,4-5-16-8)15-10-7-13-6-9(12-3)14-10/h6-8H,4-5H2,1-3H3,(H2,12,14,15). The quantitative estimate of drug-likeness (QED) is 0.811. The van der Waals surface area contributed by atoms with Gasteiger partial charge in [-0.2, -0.15) is 0 Å². The fraction of sp³-hybridized carbons (Fsp3) is 0.636. The first-order valence-electron chi connectivity index (χ1n) is 5.53. The van der Waals surface area contributed by atoms with Gasteiger partial charge in [-0.05, 0) is 20.3 Å². The summed E-state index contributed by atoms with van der Waals surface area (Å²) in [6.07, 6.45) is 4.60. The summed E-state index contributed by atoms with van der Waals surface area (Å²) in [5.74, 6) is 1.55. The normalized spacial score (nSPS) is 29.1. The Labute approximate surface area is 95.6 Å². The highest BCUT2D eigenvalue weighted by atomic mass is 16.5. The zero-order valence-corrected chi connectivity index (χ0v) is 9.95. The molecule has 0 aromatic carbocycles. The molecule has 1 aliphatic rings. The lowest BCUT2D eigenvalue weighted by Crippen LogP contribution is -2.41. The number of hydrogen-bond donors (Lipinski definition) is 2. The summed E-state index contributed by atoms with van der Waals surface area (Å²) in [4.78, 5) is 8.52. The molecule has 0 spiro atoms. The van der Waals surface area contributed by atoms with E-state index in [1.165, 1.54) is 0 Å². The van der Waals surface area contributed by atoms with Gasteiger partial charge in [-0.25, -0.2) is 4.98 Å². The van der Waals surface area contributed by atoms with Crippen molar-refractivity contribution in [1.82, 2.24) is 9.97 Å². The lowest BCUT2D eigenvalue weighted by atomic mass is 9.95. The zero-order valence-electron chi connectivity index (χ0n) is 9.95. The molecule has 0 amide bonds. The second-order valence-electron chi connectivity index (χ2n) is 4.35. The van der Waals surface area contributed by atoms with Crippen LogP contribution in [-0.2, 0) is 4.74 Å². The molecule has 1 aromatic heterocycles. The molecule has 2 atom stereocenters. The highest BCUT2D eigenvalue weighted by Gasteiger charge is 2.37. The predicted octanol–water partition coefficient (Wildman–Crippen LogP) is 1.50. The van der Waals surface area contributed by atoms with E-state index >= 15 is 0 Å². The smallest absolute Gasteiger partial charge is 0.147 e. The number of aromatic nitrogens is 2. The van der Waals surface area contributed by atoms with Crippen molar-refractivity contribution in [2.45, 2.75) is 31.9 Å². The Morgan fingerprint density at radius 1 is 1.44 bits per heavy atom. The van der Waals surface area contributed by atoms with E-state index in [0.29, 0.717) is 0 Å². The maximum absolute atomic E-state index is 5.57. The second kappa shape index (κ2) is 4.25. The third kappa shape index (κ3) is 2.09. The van der Waals surface area contributed by atoms with E-state index in [-0.39, 0.29) is 11.6 Å². The number of ether oxygens (including phenoxy) is 1. The van der Waals surface area contributed by atoms with E-state index in [1.807, 2.05) is 7.05 Å². The van der Waals surface area contributed by atoms with E-state index in [2.05, 4.69) is 34.4 Å². The fourth-order valence-corrected chi connectivity index (χ4v) is 1.84. The van der Waals surface area contributed by atoms with Crippen LogP contribution in [0.4, 0.5) is 11.6 Å². The van der Waals surface area contributed by atoms with Crippen molar-refractivity contribution in [3.05, 3.63) is 12.4 Å². The van der Waals surface area contributed by atoms with Crippen LogP contribution in [0.3, 0.4) is 0 Å². The van der Waals surface area contributed by atoms with Crippen molar-refractivity contribution in [3.63, 3.8) is 0 Å². The van der Waals surface area contributed by atoms with Gasteiger partial charge in [0, 0.05) is 13.7 Å². The zero-order chi connectivity index (χ0) is 11.6. The third-order valence-electron chi connectivity index (χ3n) is 3.19. The molecule has 1 saturated heterocycles. The van der Waals surface area contributed by atoms with Crippen molar-refractivity contribution in [3.8, 4) is 0 Å². The Morgan fingerprint density at radius 2 is 2.19 bits per heavy atom. The van der Waals surface area contributed by atoms with Crippen LogP contribution in [0, 0.1) is 0 Å². The summed E-state index contributed by atoms with van der Waals surface area (Å²) in [6, 6.07) is 0. The number of rotatable bonds is 3. The molecule has 0 aliphatic carbocycles. The van der Waals surface area contributed by atoms with Gasteiger partial charge < -0.3 is 15.4 Å². The molecule has 1 aliphatic heterocycles. The summed E-state index contributed by atoms with van der Waals surface area (Å²) >= 11 is 0. The average molecular weight is 222 g/mol. The van der Waals surface area contributed by atoms with Gasteiger partial charge in [-0.15, -0.1) is 0 Å². The molecular formula is C11H18N4O. The van der Waals surface area contributed by atoms with Gasteiger partial charge >= 0.3 is 0 Å². The van der Waals surface area contributed by atoms with Crippen LogP contribution in [0.15, 0.2) is 12.4 Å². The van der Waals surface area contributed by atoms with Gasteiger partial charge in [0.25, 0.3) is 0 Å². The van der Waals surface area contributed by atoms with Crippen molar-refractivity contribution >= 4 is 11.6 Å². The summed E-state index contributed by atoms with van der Waals surface area (Å²) in [5, 5.41) is 6.37. The van der Waals surface area contributed by atoms with Crippen LogP contribution >= 0.6 is 0 Å². The van der Waals surface area contributed by atoms with Crippen molar-refractivity contribution in [2.75, 3.05) is 24.3 Å². The molecule has 2 rings (SSSR count). The Morgan fingerprint density at radius 3 is 2.81 bits per heavy atom. The summed E-state index contributed by atoms with van der Waals surface area (Å²) in [5.41, 5.74) is -0.0545. The molecule has 16 heavy (non-hydrogen) atoms. The largest absolute Gasteiger partial charge is 0.376 e. The molecule has 5 heteroatoms. The van der Waals surface area contributed by atoms with Gasteiger partial charge in [0.2, 0.25) is 0 Å². The Bertz CT molecular complexity index is 371. The van der Waals surface area contributed by atoms with Crippen LogP contribution in [-0.4, -0.2) is 35.3 Å². The van der Waals surface area contributed by atoms with Gasteiger partial charge in [0.15, 0.2) is 0 Å². The van der Waals surface area contributed by atoms with Gasteiger partial charge in [-0.3, -0.25) is 4.98 Å². The van der Waals surface area contributed by atoms with Crippen LogP contribution in [0.25, 0.3) is 0 Å². The van der Waals surface area contributed by atoms with Crippen molar-refractivity contribution in [2.24, 2.45) is 0 Å². The second-order valence-corrected chi connectivity index (χ2v) is 4.35. The van der Waals surface area contributed by atoms with E-state index in [0.717, 1.165) is 24.7 Å². The van der Waals surface area contributed by atoms with Gasteiger partial charge in [0.1, 0.15) is 11.6 Å². The summed E-state index contributed by atoms with van der Waals surface area (Å²) in [7, 11) is 1.83. The Balaban J connectivity index is 2.13. The SMILES string of the molecule is CNc1cncc(NC2(C)CCOC2C)n1. The molecular weight excluding hydrogens is 204 g/mol. The van der Waals surface area contributed by atoms with E-state index in [4.69, 9.17) is 4.74 Å². The van der Waals surface area contributed by atoms with Crippen LogP contribution in [0.2, 0.25) is 0 Å². The Kier molecular flexibility index (Phi) is 2.96. The molecule has 2 heterocycles. The predicted molar refractivity (Wildman–Crippen MR) is 63.6 cm³/mol. The number of nitrogens with one attached hydrogen (secondary N) is 2. The maximum Gasteiger partial charge on any atom is 0.147 e. The molecule has 5 nitrogen and oxygen atoms in total. The van der Waals surface area contributed by atoms with E-state index in [1.54, 1.807) is 12.4 Å². The van der Waals surface area contributed by atoms with E-state index < -0.39 is 0 Å². The molecule has 2 unspecified atom stereocenters. The fourth-order valence-electron chi connectivity index (χ4n) is 1.84. The summed E-state index contributed by atoms with van der Waals surface area (Å²) in [6.45, 7) is 5.03. The first kappa shape index (κ1) is 11.1. The number of anilines is 2. The van der Waals surface area contributed by atoms with Crippen LogP contribution < -0.4 is 10.6 Å². The topological polar surface area (TPSA) is 59.1 Å². The van der Waals surface area contributed by atoms with E-state index in [9.17, 15) is 0 Å². The van der Waals surface area contributed by atoms with Gasteiger partial charge in [-0.1, -0.05) is 0 Å². The molecule has 1 fully saturated rings. The number of hydrogen-bond acceptors (Lipinski definition) is 5. The lowest BCUT2D eigenvalue weighted by molar-refractivity contribution is 0.105. The molecule has 88 valence electrons. The first-order valence-corrected chi connectivity index (χ1v) is 5.53. The highest BCUT2D eigenvalue weighted by Crippen LogP contribution is 2.28. The highest BCUT2D eigenvalue weighted by molar-refractivity contribution is 5.43. The molecule has 0 saturated carbocycles. The summed E-state index contributed by atoms with van der Waals surface area (Å²) < 4.78 is 5.57. The lowest BCUT2D eigenvalue weighted by Gasteiger charge is -2.29. The van der Waals surface area contributed by atoms with Gasteiger partial charge in [0.05, 0.1) is 24.0 Å². The maximum atomic E-state index is 5.57.